The molecule has 1 aromatic rings. The van der Waals surface area contributed by atoms with Crippen molar-refractivity contribution in [1.82, 2.24) is 0 Å². The van der Waals surface area contributed by atoms with Crippen molar-refractivity contribution in [3.8, 4) is 5.75 Å². The highest BCUT2D eigenvalue weighted by atomic mass is 16.5. The Morgan fingerprint density at radius 2 is 2.17 bits per heavy atom. The molecule has 1 aliphatic heterocycles. The lowest BCUT2D eigenvalue weighted by Crippen LogP contribution is -2.31. The minimum Gasteiger partial charge on any atom is -0.491 e. The van der Waals surface area contributed by atoms with Gasteiger partial charge in [0.1, 0.15) is 5.75 Å². The Morgan fingerprint density at radius 1 is 1.39 bits per heavy atom. The van der Waals surface area contributed by atoms with Crippen LogP contribution < -0.4 is 9.64 Å². The number of anilines is 1. The molecule has 1 amide bonds. The molecule has 0 saturated carbocycles. The number of carbonyl (C=O) groups excluding carboxylic acids is 1. The van der Waals surface area contributed by atoms with Gasteiger partial charge in [0.15, 0.2) is 0 Å². The molecule has 0 spiro atoms. The molecule has 1 N–H and O–H groups in total. The molecule has 0 aliphatic carbocycles. The van der Waals surface area contributed by atoms with E-state index in [9.17, 15) is 9.59 Å². The van der Waals surface area contributed by atoms with Gasteiger partial charge >= 0.3 is 5.97 Å². The van der Waals surface area contributed by atoms with E-state index in [0.717, 1.165) is 5.69 Å². The zero-order valence-electron chi connectivity index (χ0n) is 9.96. The van der Waals surface area contributed by atoms with Gasteiger partial charge in [0, 0.05) is 13.0 Å². The second-order valence-electron chi connectivity index (χ2n) is 4.11. The Labute approximate surface area is 105 Å². The van der Waals surface area contributed by atoms with E-state index < -0.39 is 5.97 Å². The van der Waals surface area contributed by atoms with Crippen LogP contribution in [0.2, 0.25) is 0 Å². The Morgan fingerprint density at radius 3 is 2.94 bits per heavy atom. The smallest absolute Gasteiger partial charge is 0.303 e. The van der Waals surface area contributed by atoms with Crippen LogP contribution in [0.3, 0.4) is 0 Å². The van der Waals surface area contributed by atoms with E-state index in [2.05, 4.69) is 0 Å². The standard InChI is InChI=1S/C13H15NO4/c15-12-7-9-18-11-5-2-1-4-10(11)14(12)8-3-6-13(16)17/h1-2,4-5H,3,6-9H2,(H,16,17). The van der Waals surface area contributed by atoms with Crippen molar-refractivity contribution < 1.29 is 19.4 Å². The summed E-state index contributed by atoms with van der Waals surface area (Å²) in [4.78, 5) is 24.1. The molecule has 1 aliphatic rings. The minimum absolute atomic E-state index is 0.0228. The first-order valence-electron chi connectivity index (χ1n) is 5.92. The zero-order chi connectivity index (χ0) is 13.0. The topological polar surface area (TPSA) is 66.8 Å². The molecule has 0 unspecified atom stereocenters. The highest BCUT2D eigenvalue weighted by Gasteiger charge is 2.22. The number of rotatable bonds is 4. The quantitative estimate of drug-likeness (QED) is 0.881. The van der Waals surface area contributed by atoms with Gasteiger partial charge < -0.3 is 14.7 Å². The number of hydrogen-bond acceptors (Lipinski definition) is 3. The lowest BCUT2D eigenvalue weighted by atomic mass is 10.2. The van der Waals surface area contributed by atoms with Crippen LogP contribution in [-0.4, -0.2) is 30.1 Å². The first kappa shape index (κ1) is 12.4. The summed E-state index contributed by atoms with van der Waals surface area (Å²) >= 11 is 0. The number of carbonyl (C=O) groups is 2. The molecule has 0 atom stereocenters. The van der Waals surface area contributed by atoms with Gasteiger partial charge in [-0.15, -0.1) is 0 Å². The van der Waals surface area contributed by atoms with Gasteiger partial charge in [-0.1, -0.05) is 12.1 Å². The summed E-state index contributed by atoms with van der Waals surface area (Å²) < 4.78 is 5.50. The van der Waals surface area contributed by atoms with Crippen molar-refractivity contribution in [2.75, 3.05) is 18.1 Å². The molecule has 0 fully saturated rings. The monoisotopic (exact) mass is 249 g/mol. The van der Waals surface area contributed by atoms with Crippen LogP contribution in [0.1, 0.15) is 19.3 Å². The maximum Gasteiger partial charge on any atom is 0.303 e. The molecule has 0 saturated heterocycles. The fraction of sp³-hybridized carbons (Fsp3) is 0.385. The van der Waals surface area contributed by atoms with Gasteiger partial charge in [0.05, 0.1) is 18.7 Å². The maximum absolute atomic E-state index is 12.0. The number of carboxylic acids is 1. The number of ether oxygens (including phenoxy) is 1. The van der Waals surface area contributed by atoms with Crippen molar-refractivity contribution in [1.29, 1.82) is 0 Å². The molecule has 2 rings (SSSR count). The summed E-state index contributed by atoms with van der Waals surface area (Å²) in [5.41, 5.74) is 0.727. The molecule has 5 heteroatoms. The molecule has 1 heterocycles. The van der Waals surface area contributed by atoms with Crippen molar-refractivity contribution in [3.63, 3.8) is 0 Å². The zero-order valence-corrected chi connectivity index (χ0v) is 9.96. The van der Waals surface area contributed by atoms with Crippen molar-refractivity contribution in [2.24, 2.45) is 0 Å². The van der Waals surface area contributed by atoms with E-state index in [4.69, 9.17) is 9.84 Å². The third-order valence-corrected chi connectivity index (χ3v) is 2.80. The first-order valence-corrected chi connectivity index (χ1v) is 5.92. The lowest BCUT2D eigenvalue weighted by Gasteiger charge is -2.21. The Kier molecular flexibility index (Phi) is 3.82. The summed E-state index contributed by atoms with van der Waals surface area (Å²) in [5.74, 6) is -0.189. The van der Waals surface area contributed by atoms with E-state index in [1.165, 1.54) is 0 Å². The number of para-hydroxylation sites is 2. The SMILES string of the molecule is O=C(O)CCCN1C(=O)CCOc2ccccc21. The average molecular weight is 249 g/mol. The first-order chi connectivity index (χ1) is 8.68. The molecular weight excluding hydrogens is 234 g/mol. The van der Waals surface area contributed by atoms with Crippen LogP contribution in [0, 0.1) is 0 Å². The Bertz CT molecular complexity index is 458. The normalized spacial score (nSPS) is 14.7. The second-order valence-corrected chi connectivity index (χ2v) is 4.11. The maximum atomic E-state index is 12.0. The van der Waals surface area contributed by atoms with Gasteiger partial charge in [0.25, 0.3) is 0 Å². The molecule has 0 aromatic heterocycles. The third-order valence-electron chi connectivity index (χ3n) is 2.80. The summed E-state index contributed by atoms with van der Waals surface area (Å²) in [7, 11) is 0. The van der Waals surface area contributed by atoms with Crippen LogP contribution >= 0.6 is 0 Å². The predicted molar refractivity (Wildman–Crippen MR) is 65.8 cm³/mol. The largest absolute Gasteiger partial charge is 0.491 e. The van der Waals surface area contributed by atoms with Crippen molar-refractivity contribution >= 4 is 17.6 Å². The summed E-state index contributed by atoms with van der Waals surface area (Å²) in [5, 5.41) is 8.63. The lowest BCUT2D eigenvalue weighted by molar-refractivity contribution is -0.137. The molecule has 0 bridgehead atoms. The summed E-state index contributed by atoms with van der Waals surface area (Å²) in [6, 6.07) is 7.33. The summed E-state index contributed by atoms with van der Waals surface area (Å²) in [6.07, 6.45) is 0.823. The fourth-order valence-corrected chi connectivity index (χ4v) is 1.95. The Hall–Kier alpha value is -2.04. The van der Waals surface area contributed by atoms with Gasteiger partial charge in [0.2, 0.25) is 5.91 Å². The number of aliphatic carboxylic acids is 1. The van der Waals surface area contributed by atoms with Gasteiger partial charge in [-0.05, 0) is 18.6 Å². The number of fused-ring (bicyclic) bond motifs is 1. The van der Waals surface area contributed by atoms with Gasteiger partial charge in [-0.3, -0.25) is 9.59 Å². The van der Waals surface area contributed by atoms with Gasteiger partial charge in [-0.2, -0.15) is 0 Å². The van der Waals surface area contributed by atoms with Crippen LogP contribution in [0.5, 0.6) is 5.75 Å². The number of hydrogen-bond donors (Lipinski definition) is 1. The van der Waals surface area contributed by atoms with Crippen LogP contribution in [0.4, 0.5) is 5.69 Å². The van der Waals surface area contributed by atoms with E-state index in [1.807, 2.05) is 24.3 Å². The summed E-state index contributed by atoms with van der Waals surface area (Å²) in [6.45, 7) is 0.775. The van der Waals surface area contributed by atoms with E-state index in [-0.39, 0.29) is 12.3 Å². The Balaban J connectivity index is 2.15. The van der Waals surface area contributed by atoms with E-state index in [1.54, 1.807) is 4.90 Å². The van der Waals surface area contributed by atoms with E-state index >= 15 is 0 Å². The predicted octanol–water partition coefficient (Wildman–Crippen LogP) is 1.67. The number of nitrogens with zero attached hydrogens (tertiary/aromatic N) is 1. The molecular formula is C13H15NO4. The molecule has 96 valence electrons. The van der Waals surface area contributed by atoms with Crippen molar-refractivity contribution in [2.45, 2.75) is 19.3 Å². The molecule has 5 nitrogen and oxygen atoms in total. The number of benzene rings is 1. The second kappa shape index (κ2) is 5.53. The number of carboxylic acid groups (broad SMARTS) is 1. The van der Waals surface area contributed by atoms with Crippen molar-refractivity contribution in [3.05, 3.63) is 24.3 Å². The molecule has 0 radical (unpaired) electrons. The molecule has 18 heavy (non-hydrogen) atoms. The van der Waals surface area contributed by atoms with E-state index in [0.29, 0.717) is 31.7 Å². The fourth-order valence-electron chi connectivity index (χ4n) is 1.95. The molecule has 1 aromatic carbocycles. The average Bonchev–Trinajstić information content (AvgIpc) is 2.49. The third kappa shape index (κ3) is 2.80. The van der Waals surface area contributed by atoms with Crippen LogP contribution in [0.15, 0.2) is 24.3 Å². The van der Waals surface area contributed by atoms with Crippen LogP contribution in [-0.2, 0) is 9.59 Å². The van der Waals surface area contributed by atoms with Crippen LogP contribution in [0.25, 0.3) is 0 Å². The number of amides is 1. The highest BCUT2D eigenvalue weighted by Crippen LogP contribution is 2.31. The minimum atomic E-state index is -0.846. The highest BCUT2D eigenvalue weighted by molar-refractivity contribution is 5.95. The van der Waals surface area contributed by atoms with Gasteiger partial charge in [-0.25, -0.2) is 0 Å².